The third-order valence-electron chi connectivity index (χ3n) is 12.5. The van der Waals surface area contributed by atoms with Gasteiger partial charge in [0.15, 0.2) is 17.3 Å². The van der Waals surface area contributed by atoms with Crippen LogP contribution in [0.5, 0.6) is 0 Å². The fourth-order valence-corrected chi connectivity index (χ4v) is 9.92. The molecule has 3 aromatic heterocycles. The Kier molecular flexibility index (Phi) is 6.54. The fraction of sp³-hybridized carbons (Fsp3) is 0.0769. The van der Waals surface area contributed by atoms with Crippen molar-refractivity contribution in [3.05, 3.63) is 210 Å². The first-order valence-corrected chi connectivity index (χ1v) is 19.5. The van der Waals surface area contributed by atoms with Crippen molar-refractivity contribution in [2.45, 2.75) is 24.7 Å². The van der Waals surface area contributed by atoms with Gasteiger partial charge in [-0.2, -0.15) is 0 Å². The highest BCUT2D eigenvalue weighted by atomic mass is 16.4. The molecule has 1 aliphatic heterocycles. The van der Waals surface area contributed by atoms with Crippen LogP contribution in [-0.4, -0.2) is 9.97 Å². The molecule has 0 unspecified atom stereocenters. The van der Waals surface area contributed by atoms with Crippen LogP contribution in [0.15, 0.2) is 185 Å². The molecule has 2 aliphatic carbocycles. The Morgan fingerprint density at radius 3 is 1.79 bits per heavy atom. The van der Waals surface area contributed by atoms with Gasteiger partial charge in [-0.3, -0.25) is 0 Å². The Balaban J connectivity index is 1.12. The second-order valence-corrected chi connectivity index (χ2v) is 15.8. The molecule has 0 N–H and O–H groups in total. The van der Waals surface area contributed by atoms with Crippen LogP contribution in [0.4, 0.5) is 17.1 Å². The van der Waals surface area contributed by atoms with E-state index in [-0.39, 0.29) is 5.41 Å². The molecular formula is C52H35N3O2. The lowest BCUT2D eigenvalue weighted by molar-refractivity contribution is 0.525. The van der Waals surface area contributed by atoms with Crippen LogP contribution in [0.2, 0.25) is 0 Å². The summed E-state index contributed by atoms with van der Waals surface area (Å²) in [5.41, 5.74) is 17.0. The molecule has 0 radical (unpaired) electrons. The molecule has 5 nitrogen and oxygen atoms in total. The van der Waals surface area contributed by atoms with Crippen molar-refractivity contribution in [3.63, 3.8) is 0 Å². The van der Waals surface area contributed by atoms with E-state index in [1.807, 2.05) is 24.3 Å². The molecule has 0 atom stereocenters. The minimum Gasteiger partial charge on any atom is -0.461 e. The Labute approximate surface area is 330 Å². The molecule has 1 spiro atoms. The number of anilines is 3. The van der Waals surface area contributed by atoms with Gasteiger partial charge in [0, 0.05) is 38.9 Å². The first kappa shape index (κ1) is 32.0. The molecule has 0 fully saturated rings. The minimum atomic E-state index is -0.650. The van der Waals surface area contributed by atoms with Gasteiger partial charge in [-0.05, 0) is 81.9 Å². The van der Waals surface area contributed by atoms with E-state index in [2.05, 4.69) is 158 Å². The zero-order valence-corrected chi connectivity index (χ0v) is 31.4. The Morgan fingerprint density at radius 2 is 1.05 bits per heavy atom. The quantitative estimate of drug-likeness (QED) is 0.180. The van der Waals surface area contributed by atoms with Crippen LogP contribution in [0.3, 0.4) is 0 Å². The zero-order chi connectivity index (χ0) is 37.9. The van der Waals surface area contributed by atoms with Crippen molar-refractivity contribution >= 4 is 17.1 Å². The highest BCUT2D eigenvalue weighted by Gasteiger charge is 2.55. The standard InChI is InChI=1S/C52H35N3O2/c1-51(2)38-21-10-9-20-36(38)37-29-43-47(30-42(37)51)55(46-23-12-11-22-39(46)52(43)40-24-26-56-48(40)49-41(52)25-27-57-49)35-19-13-18-34(28-35)45-31-44(32-14-5-3-6-15-32)53-50(54-45)33-16-7-4-8-17-33/h3-31H,1-2H3. The van der Waals surface area contributed by atoms with Gasteiger partial charge in [-0.15, -0.1) is 0 Å². The van der Waals surface area contributed by atoms with Gasteiger partial charge in [-0.25, -0.2) is 9.97 Å². The van der Waals surface area contributed by atoms with Crippen molar-refractivity contribution in [2.24, 2.45) is 0 Å². The van der Waals surface area contributed by atoms with E-state index < -0.39 is 5.41 Å². The third-order valence-corrected chi connectivity index (χ3v) is 12.5. The summed E-state index contributed by atoms with van der Waals surface area (Å²) in [6.07, 6.45) is 3.60. The monoisotopic (exact) mass is 733 g/mol. The smallest absolute Gasteiger partial charge is 0.174 e. The summed E-state index contributed by atoms with van der Waals surface area (Å²) in [5, 5.41) is 0. The van der Waals surface area contributed by atoms with Crippen LogP contribution in [0.25, 0.3) is 56.6 Å². The SMILES string of the molecule is CC1(C)c2ccccc2-c2cc3c(cc21)N(c1cccc(-c2cc(-c4ccccc4)nc(-c4ccccc4)n2)c1)c1ccccc1C31c2ccoc2-c2occc21. The molecule has 0 saturated carbocycles. The number of hydrogen-bond acceptors (Lipinski definition) is 5. The Bertz CT molecular complexity index is 2970. The van der Waals surface area contributed by atoms with Gasteiger partial charge < -0.3 is 13.7 Å². The minimum absolute atomic E-state index is 0.196. The zero-order valence-electron chi connectivity index (χ0n) is 31.4. The van der Waals surface area contributed by atoms with Crippen molar-refractivity contribution in [2.75, 3.05) is 4.90 Å². The predicted molar refractivity (Wildman–Crippen MR) is 226 cm³/mol. The van der Waals surface area contributed by atoms with Crippen molar-refractivity contribution in [1.82, 2.24) is 9.97 Å². The molecular weight excluding hydrogens is 699 g/mol. The number of benzene rings is 6. The molecule has 4 heterocycles. The van der Waals surface area contributed by atoms with Gasteiger partial charge >= 0.3 is 0 Å². The number of aromatic nitrogens is 2. The molecule has 0 amide bonds. The van der Waals surface area contributed by atoms with Gasteiger partial charge in [0.05, 0.1) is 40.7 Å². The number of hydrogen-bond donors (Lipinski definition) is 0. The molecule has 12 rings (SSSR count). The summed E-state index contributed by atoms with van der Waals surface area (Å²) < 4.78 is 12.5. The van der Waals surface area contributed by atoms with Crippen LogP contribution >= 0.6 is 0 Å². The van der Waals surface area contributed by atoms with Gasteiger partial charge in [0.25, 0.3) is 0 Å². The normalized spacial score (nSPS) is 14.7. The molecule has 5 heteroatoms. The van der Waals surface area contributed by atoms with E-state index in [1.54, 1.807) is 12.5 Å². The first-order valence-electron chi connectivity index (χ1n) is 19.5. The second-order valence-electron chi connectivity index (χ2n) is 15.8. The molecule has 6 aromatic carbocycles. The van der Waals surface area contributed by atoms with Crippen LogP contribution in [0.1, 0.15) is 47.2 Å². The summed E-state index contributed by atoms with van der Waals surface area (Å²) in [5.74, 6) is 2.28. The summed E-state index contributed by atoms with van der Waals surface area (Å²) in [4.78, 5) is 12.7. The third kappa shape index (κ3) is 4.34. The van der Waals surface area contributed by atoms with E-state index in [0.717, 1.165) is 67.8 Å². The van der Waals surface area contributed by atoms with E-state index in [1.165, 1.54) is 33.4 Å². The maximum atomic E-state index is 6.24. The highest BCUT2D eigenvalue weighted by molar-refractivity contribution is 5.97. The number of para-hydroxylation sites is 1. The number of fused-ring (bicyclic) bond motifs is 12. The molecule has 57 heavy (non-hydrogen) atoms. The lowest BCUT2D eigenvalue weighted by Crippen LogP contribution is -2.36. The Hall–Kier alpha value is -7.24. The highest BCUT2D eigenvalue weighted by Crippen LogP contribution is 2.65. The maximum Gasteiger partial charge on any atom is 0.174 e. The lowest BCUT2D eigenvalue weighted by atomic mass is 9.64. The Morgan fingerprint density at radius 1 is 0.439 bits per heavy atom. The van der Waals surface area contributed by atoms with E-state index in [9.17, 15) is 0 Å². The maximum absolute atomic E-state index is 6.24. The lowest BCUT2D eigenvalue weighted by Gasteiger charge is -2.44. The summed E-state index contributed by atoms with van der Waals surface area (Å²) in [7, 11) is 0. The van der Waals surface area contributed by atoms with Crippen LogP contribution < -0.4 is 4.90 Å². The second kappa shape index (κ2) is 11.6. The first-order chi connectivity index (χ1) is 28.0. The van der Waals surface area contributed by atoms with Gasteiger partial charge in [-0.1, -0.05) is 129 Å². The topological polar surface area (TPSA) is 55.3 Å². The fourth-order valence-electron chi connectivity index (χ4n) is 9.92. The largest absolute Gasteiger partial charge is 0.461 e. The molecule has 0 saturated heterocycles. The van der Waals surface area contributed by atoms with Crippen molar-refractivity contribution in [3.8, 4) is 56.6 Å². The molecule has 0 bridgehead atoms. The number of rotatable bonds is 4. The van der Waals surface area contributed by atoms with Gasteiger partial charge in [0.2, 0.25) is 0 Å². The predicted octanol–water partition coefficient (Wildman–Crippen LogP) is 13.1. The molecule has 9 aromatic rings. The summed E-state index contributed by atoms with van der Waals surface area (Å²) in [6, 6.07) is 58.4. The number of furan rings is 2. The molecule has 270 valence electrons. The van der Waals surface area contributed by atoms with Crippen molar-refractivity contribution in [1.29, 1.82) is 0 Å². The van der Waals surface area contributed by atoms with E-state index in [0.29, 0.717) is 5.82 Å². The average Bonchev–Trinajstić information content (AvgIpc) is 4.04. The van der Waals surface area contributed by atoms with Gasteiger partial charge in [0.1, 0.15) is 0 Å². The average molecular weight is 734 g/mol. The van der Waals surface area contributed by atoms with Crippen LogP contribution in [0, 0.1) is 0 Å². The summed E-state index contributed by atoms with van der Waals surface area (Å²) >= 11 is 0. The summed E-state index contributed by atoms with van der Waals surface area (Å²) in [6.45, 7) is 4.70. The van der Waals surface area contributed by atoms with Crippen LogP contribution in [-0.2, 0) is 10.8 Å². The van der Waals surface area contributed by atoms with Crippen molar-refractivity contribution < 1.29 is 8.83 Å². The van der Waals surface area contributed by atoms with E-state index >= 15 is 0 Å². The van der Waals surface area contributed by atoms with E-state index in [4.69, 9.17) is 18.8 Å². The molecule has 3 aliphatic rings. The number of nitrogens with zero attached hydrogens (tertiary/aromatic N) is 3.